The number of hydrogen-bond acceptors (Lipinski definition) is 3. The summed E-state index contributed by atoms with van der Waals surface area (Å²) in [6, 6.07) is 0.385. The van der Waals surface area contributed by atoms with E-state index in [1.54, 1.807) is 6.33 Å². The number of nitrogens with one attached hydrogen (secondary N) is 1. The average molecular weight is 207 g/mol. The van der Waals surface area contributed by atoms with E-state index in [2.05, 4.69) is 36.1 Å². The number of rotatable bonds is 6. The maximum atomic E-state index is 4.08. The van der Waals surface area contributed by atoms with E-state index >= 15 is 0 Å². The van der Waals surface area contributed by atoms with Crippen LogP contribution in [0.1, 0.15) is 45.2 Å². The van der Waals surface area contributed by atoms with Gasteiger partial charge in [-0.2, -0.15) is 0 Å². The van der Waals surface area contributed by atoms with Gasteiger partial charge in [-0.1, -0.05) is 27.2 Å². The molecule has 0 amide bonds. The lowest BCUT2D eigenvalue weighted by Crippen LogP contribution is -2.27. The molecule has 0 aliphatic heterocycles. The van der Waals surface area contributed by atoms with Crippen molar-refractivity contribution in [3.63, 3.8) is 0 Å². The molecule has 1 aromatic rings. The molecule has 0 radical (unpaired) electrons. The second-order valence-corrected chi connectivity index (χ2v) is 3.99. The zero-order valence-corrected chi connectivity index (χ0v) is 9.90. The van der Waals surface area contributed by atoms with Crippen LogP contribution in [0.25, 0.3) is 0 Å². The van der Waals surface area contributed by atoms with Crippen LogP contribution < -0.4 is 5.32 Å². The molecule has 0 spiro atoms. The summed E-state index contributed by atoms with van der Waals surface area (Å²) < 4.78 is 0. The maximum absolute atomic E-state index is 4.08. The summed E-state index contributed by atoms with van der Waals surface area (Å²) in [5, 5.41) is 3.56. The van der Waals surface area contributed by atoms with E-state index in [1.807, 2.05) is 12.4 Å². The van der Waals surface area contributed by atoms with E-state index in [0.717, 1.165) is 19.4 Å². The largest absolute Gasteiger partial charge is 0.310 e. The molecular formula is C12H21N3. The topological polar surface area (TPSA) is 37.8 Å². The number of nitrogens with zero attached hydrogens (tertiary/aromatic N) is 2. The highest BCUT2D eigenvalue weighted by Crippen LogP contribution is 2.22. The predicted molar refractivity (Wildman–Crippen MR) is 62.5 cm³/mol. The van der Waals surface area contributed by atoms with Crippen LogP contribution in [0.2, 0.25) is 0 Å². The van der Waals surface area contributed by atoms with Crippen LogP contribution in [-0.4, -0.2) is 16.5 Å². The Labute approximate surface area is 92.3 Å². The second-order valence-electron chi connectivity index (χ2n) is 3.99. The van der Waals surface area contributed by atoms with Crippen LogP contribution >= 0.6 is 0 Å². The van der Waals surface area contributed by atoms with Gasteiger partial charge in [0.25, 0.3) is 0 Å². The molecular weight excluding hydrogens is 186 g/mol. The van der Waals surface area contributed by atoms with Gasteiger partial charge in [0.15, 0.2) is 0 Å². The summed E-state index contributed by atoms with van der Waals surface area (Å²) in [7, 11) is 0. The van der Waals surface area contributed by atoms with Gasteiger partial charge >= 0.3 is 0 Å². The van der Waals surface area contributed by atoms with E-state index in [4.69, 9.17) is 0 Å². The standard InChI is InChI=1S/C12H21N3/c1-4-6-15-12(10(3)5-2)11-7-13-9-14-8-11/h7-10,12,15H,4-6H2,1-3H3. The van der Waals surface area contributed by atoms with Crippen molar-refractivity contribution in [3.8, 4) is 0 Å². The molecule has 3 nitrogen and oxygen atoms in total. The molecule has 1 rings (SSSR count). The van der Waals surface area contributed by atoms with Gasteiger partial charge in [0.1, 0.15) is 6.33 Å². The SMILES string of the molecule is CCCNC(c1cncnc1)C(C)CC. The third-order valence-electron chi connectivity index (χ3n) is 2.77. The molecule has 84 valence electrons. The van der Waals surface area contributed by atoms with Crippen molar-refractivity contribution in [2.75, 3.05) is 6.54 Å². The van der Waals surface area contributed by atoms with Gasteiger partial charge in [0.2, 0.25) is 0 Å². The van der Waals surface area contributed by atoms with Gasteiger partial charge < -0.3 is 5.32 Å². The van der Waals surface area contributed by atoms with Crippen molar-refractivity contribution in [3.05, 3.63) is 24.3 Å². The summed E-state index contributed by atoms with van der Waals surface area (Å²) in [5.41, 5.74) is 1.19. The molecule has 0 saturated carbocycles. The average Bonchev–Trinajstić information content (AvgIpc) is 2.30. The van der Waals surface area contributed by atoms with Gasteiger partial charge in [-0.25, -0.2) is 9.97 Å². The fourth-order valence-electron chi connectivity index (χ4n) is 1.65. The third kappa shape index (κ3) is 3.59. The summed E-state index contributed by atoms with van der Waals surface area (Å²) in [4.78, 5) is 8.16. The molecule has 3 heteroatoms. The predicted octanol–water partition coefficient (Wildman–Crippen LogP) is 2.56. The van der Waals surface area contributed by atoms with Crippen LogP contribution in [0.3, 0.4) is 0 Å². The quantitative estimate of drug-likeness (QED) is 0.779. The Balaban J connectivity index is 2.72. The first kappa shape index (κ1) is 12.1. The molecule has 1 heterocycles. The van der Waals surface area contributed by atoms with Crippen molar-refractivity contribution < 1.29 is 0 Å². The number of aromatic nitrogens is 2. The van der Waals surface area contributed by atoms with Gasteiger partial charge in [0, 0.05) is 24.0 Å². The molecule has 0 aliphatic rings. The van der Waals surface area contributed by atoms with Crippen LogP contribution in [0, 0.1) is 5.92 Å². The van der Waals surface area contributed by atoms with E-state index in [-0.39, 0.29) is 0 Å². The fourth-order valence-corrected chi connectivity index (χ4v) is 1.65. The van der Waals surface area contributed by atoms with Crippen LogP contribution in [0.5, 0.6) is 0 Å². The van der Waals surface area contributed by atoms with Crippen molar-refractivity contribution in [2.24, 2.45) is 5.92 Å². The zero-order chi connectivity index (χ0) is 11.1. The van der Waals surface area contributed by atoms with E-state index < -0.39 is 0 Å². The summed E-state index contributed by atoms with van der Waals surface area (Å²) in [5.74, 6) is 0.613. The highest BCUT2D eigenvalue weighted by molar-refractivity contribution is 5.10. The summed E-state index contributed by atoms with van der Waals surface area (Å²) >= 11 is 0. The fraction of sp³-hybridized carbons (Fsp3) is 0.667. The molecule has 0 aliphatic carbocycles. The molecule has 1 aromatic heterocycles. The first-order chi connectivity index (χ1) is 7.29. The third-order valence-corrected chi connectivity index (χ3v) is 2.77. The summed E-state index contributed by atoms with van der Waals surface area (Å²) in [6.45, 7) is 7.71. The Morgan fingerprint density at radius 3 is 2.47 bits per heavy atom. The molecule has 0 saturated heterocycles. The van der Waals surface area contributed by atoms with Crippen LogP contribution in [0.15, 0.2) is 18.7 Å². The monoisotopic (exact) mass is 207 g/mol. The van der Waals surface area contributed by atoms with Crippen molar-refractivity contribution in [1.82, 2.24) is 15.3 Å². The molecule has 15 heavy (non-hydrogen) atoms. The second kappa shape index (κ2) is 6.51. The lowest BCUT2D eigenvalue weighted by molar-refractivity contribution is 0.375. The lowest BCUT2D eigenvalue weighted by Gasteiger charge is -2.24. The Bertz CT molecular complexity index is 261. The zero-order valence-electron chi connectivity index (χ0n) is 9.90. The molecule has 2 unspecified atom stereocenters. The minimum Gasteiger partial charge on any atom is -0.310 e. The summed E-state index contributed by atoms with van der Waals surface area (Å²) in [6.07, 6.45) is 7.72. The van der Waals surface area contributed by atoms with E-state index in [9.17, 15) is 0 Å². The van der Waals surface area contributed by atoms with Crippen molar-refractivity contribution in [2.45, 2.75) is 39.7 Å². The van der Waals surface area contributed by atoms with Gasteiger partial charge in [-0.3, -0.25) is 0 Å². The smallest absolute Gasteiger partial charge is 0.115 e. The molecule has 0 aromatic carbocycles. The highest BCUT2D eigenvalue weighted by atomic mass is 14.9. The molecule has 1 N–H and O–H groups in total. The highest BCUT2D eigenvalue weighted by Gasteiger charge is 2.17. The normalized spacial score (nSPS) is 14.9. The molecule has 0 fully saturated rings. The Kier molecular flexibility index (Phi) is 5.26. The minimum atomic E-state index is 0.385. The minimum absolute atomic E-state index is 0.385. The van der Waals surface area contributed by atoms with E-state index in [1.165, 1.54) is 5.56 Å². The lowest BCUT2D eigenvalue weighted by atomic mass is 9.94. The van der Waals surface area contributed by atoms with Gasteiger partial charge in [-0.05, 0) is 18.9 Å². The van der Waals surface area contributed by atoms with Crippen molar-refractivity contribution in [1.29, 1.82) is 0 Å². The van der Waals surface area contributed by atoms with Gasteiger partial charge in [-0.15, -0.1) is 0 Å². The van der Waals surface area contributed by atoms with Crippen LogP contribution in [-0.2, 0) is 0 Å². The van der Waals surface area contributed by atoms with Crippen molar-refractivity contribution >= 4 is 0 Å². The Morgan fingerprint density at radius 1 is 1.27 bits per heavy atom. The molecule has 2 atom stereocenters. The first-order valence-electron chi connectivity index (χ1n) is 5.77. The maximum Gasteiger partial charge on any atom is 0.115 e. The first-order valence-corrected chi connectivity index (χ1v) is 5.77. The van der Waals surface area contributed by atoms with Gasteiger partial charge in [0.05, 0.1) is 0 Å². The molecule has 0 bridgehead atoms. The Morgan fingerprint density at radius 2 is 1.93 bits per heavy atom. The number of hydrogen-bond donors (Lipinski definition) is 1. The van der Waals surface area contributed by atoms with Crippen LogP contribution in [0.4, 0.5) is 0 Å². The van der Waals surface area contributed by atoms with E-state index in [0.29, 0.717) is 12.0 Å². The Hall–Kier alpha value is -0.960.